The van der Waals surface area contributed by atoms with E-state index in [-0.39, 0.29) is 36.0 Å². The van der Waals surface area contributed by atoms with E-state index in [2.05, 4.69) is 25.8 Å². The molecule has 1 aliphatic rings. The number of aliphatic hydroxyl groups is 1. The number of aryl methyl sites for hydroxylation is 1. The lowest BCUT2D eigenvalue weighted by atomic mass is 9.72. The zero-order valence-electron chi connectivity index (χ0n) is 14.7. The number of hydrogen-bond donors (Lipinski definition) is 3. The van der Waals surface area contributed by atoms with Crippen LogP contribution in [0, 0.1) is 12.3 Å². The van der Waals surface area contributed by atoms with Crippen LogP contribution in [-0.4, -0.2) is 40.9 Å². The molecule has 0 amide bonds. The zero-order chi connectivity index (χ0) is 16.5. The van der Waals surface area contributed by atoms with Gasteiger partial charge in [0, 0.05) is 26.6 Å². The van der Waals surface area contributed by atoms with Gasteiger partial charge in [-0.3, -0.25) is 0 Å². The number of guanidine groups is 1. The van der Waals surface area contributed by atoms with Crippen LogP contribution in [0.25, 0.3) is 0 Å². The third-order valence-corrected chi connectivity index (χ3v) is 4.48. The Bertz CT molecular complexity index is 495. The van der Waals surface area contributed by atoms with Crippen molar-refractivity contribution in [2.24, 2.45) is 10.4 Å². The second-order valence-electron chi connectivity index (χ2n) is 6.31. The van der Waals surface area contributed by atoms with E-state index < -0.39 is 0 Å². The van der Waals surface area contributed by atoms with Crippen LogP contribution in [0.5, 0.6) is 0 Å². The summed E-state index contributed by atoms with van der Waals surface area (Å²) in [5.41, 5.74) is 0.186. The highest BCUT2D eigenvalue weighted by molar-refractivity contribution is 14.0. The maximum atomic E-state index is 9.41. The molecule has 7 nitrogen and oxygen atoms in total. The van der Waals surface area contributed by atoms with E-state index in [9.17, 15) is 5.11 Å². The Morgan fingerprint density at radius 1 is 1.29 bits per heavy atom. The maximum Gasteiger partial charge on any atom is 0.223 e. The normalized spacial score (nSPS) is 17.2. The summed E-state index contributed by atoms with van der Waals surface area (Å²) >= 11 is 0. The SMILES string of the molecule is CCNC(=NCc1noc(C)n1)NCC1(CCO)CCCCC1.I. The van der Waals surface area contributed by atoms with E-state index >= 15 is 0 Å². The average Bonchev–Trinajstić information content (AvgIpc) is 2.97. The number of rotatable bonds is 7. The van der Waals surface area contributed by atoms with Gasteiger partial charge in [-0.1, -0.05) is 24.4 Å². The first-order valence-electron chi connectivity index (χ1n) is 8.60. The molecule has 3 N–H and O–H groups in total. The largest absolute Gasteiger partial charge is 0.396 e. The van der Waals surface area contributed by atoms with Gasteiger partial charge >= 0.3 is 0 Å². The fourth-order valence-corrected chi connectivity index (χ4v) is 3.22. The van der Waals surface area contributed by atoms with Crippen molar-refractivity contribution in [1.29, 1.82) is 0 Å². The Morgan fingerprint density at radius 2 is 2.04 bits per heavy atom. The minimum Gasteiger partial charge on any atom is -0.396 e. The lowest BCUT2D eigenvalue weighted by Gasteiger charge is -2.37. The molecule has 138 valence electrons. The van der Waals surface area contributed by atoms with Crippen molar-refractivity contribution >= 4 is 29.9 Å². The van der Waals surface area contributed by atoms with E-state index in [0.29, 0.717) is 18.3 Å². The summed E-state index contributed by atoms with van der Waals surface area (Å²) in [6.07, 6.45) is 6.99. The topological polar surface area (TPSA) is 95.6 Å². The van der Waals surface area contributed by atoms with Crippen molar-refractivity contribution in [3.05, 3.63) is 11.7 Å². The zero-order valence-corrected chi connectivity index (χ0v) is 17.0. The molecule has 0 spiro atoms. The predicted molar refractivity (Wildman–Crippen MR) is 104 cm³/mol. The van der Waals surface area contributed by atoms with E-state index in [0.717, 1.165) is 25.5 Å². The van der Waals surface area contributed by atoms with Crippen LogP contribution < -0.4 is 10.6 Å². The molecule has 0 aliphatic heterocycles. The second-order valence-corrected chi connectivity index (χ2v) is 6.31. The van der Waals surface area contributed by atoms with Crippen molar-refractivity contribution in [3.63, 3.8) is 0 Å². The van der Waals surface area contributed by atoms with E-state index in [1.54, 1.807) is 6.92 Å². The summed E-state index contributed by atoms with van der Waals surface area (Å²) in [4.78, 5) is 8.68. The van der Waals surface area contributed by atoms with Crippen molar-refractivity contribution in [3.8, 4) is 0 Å². The summed E-state index contributed by atoms with van der Waals surface area (Å²) in [6.45, 7) is 6.08. The van der Waals surface area contributed by atoms with Crippen LogP contribution >= 0.6 is 24.0 Å². The van der Waals surface area contributed by atoms with Gasteiger partial charge in [0.2, 0.25) is 5.89 Å². The van der Waals surface area contributed by atoms with Crippen LogP contribution in [0.15, 0.2) is 9.52 Å². The van der Waals surface area contributed by atoms with Gasteiger partial charge in [-0.05, 0) is 31.6 Å². The summed E-state index contributed by atoms with van der Waals surface area (Å²) in [7, 11) is 0. The van der Waals surface area contributed by atoms with E-state index in [4.69, 9.17) is 4.52 Å². The third kappa shape index (κ3) is 6.54. The van der Waals surface area contributed by atoms with Crippen LogP contribution in [-0.2, 0) is 6.54 Å². The van der Waals surface area contributed by atoms with Crippen LogP contribution in [0.1, 0.15) is 57.2 Å². The molecular formula is C16H30IN5O2. The molecule has 1 aliphatic carbocycles. The van der Waals surface area contributed by atoms with Gasteiger partial charge in [0.05, 0.1) is 0 Å². The highest BCUT2D eigenvalue weighted by atomic mass is 127. The number of nitrogens with one attached hydrogen (secondary N) is 2. The van der Waals surface area contributed by atoms with Crippen molar-refractivity contribution in [2.45, 2.75) is 58.9 Å². The number of aliphatic imine (C=N–C) groups is 1. The van der Waals surface area contributed by atoms with E-state index in [1.807, 2.05) is 6.92 Å². The number of hydrogen-bond acceptors (Lipinski definition) is 5. The summed E-state index contributed by atoms with van der Waals surface area (Å²) in [5, 5.41) is 19.9. The first-order valence-corrected chi connectivity index (χ1v) is 8.60. The highest BCUT2D eigenvalue weighted by Gasteiger charge is 2.31. The van der Waals surface area contributed by atoms with Crippen molar-refractivity contribution in [2.75, 3.05) is 19.7 Å². The Hall–Kier alpha value is -0.900. The van der Waals surface area contributed by atoms with Gasteiger partial charge < -0.3 is 20.3 Å². The molecule has 24 heavy (non-hydrogen) atoms. The lowest BCUT2D eigenvalue weighted by Crippen LogP contribution is -2.45. The average molecular weight is 451 g/mol. The van der Waals surface area contributed by atoms with Crippen molar-refractivity contribution < 1.29 is 9.63 Å². The van der Waals surface area contributed by atoms with Gasteiger partial charge in [0.25, 0.3) is 0 Å². The Labute approximate surface area is 161 Å². The van der Waals surface area contributed by atoms with Crippen LogP contribution in [0.4, 0.5) is 0 Å². The molecule has 1 aromatic heterocycles. The number of halogens is 1. The fraction of sp³-hybridized carbons (Fsp3) is 0.812. The molecule has 0 aromatic carbocycles. The molecule has 0 unspecified atom stereocenters. The molecule has 0 atom stereocenters. The van der Waals surface area contributed by atoms with Gasteiger partial charge in [0.15, 0.2) is 11.8 Å². The quantitative estimate of drug-likeness (QED) is 0.335. The maximum absolute atomic E-state index is 9.41. The van der Waals surface area contributed by atoms with Gasteiger partial charge in [-0.15, -0.1) is 24.0 Å². The first-order chi connectivity index (χ1) is 11.2. The Morgan fingerprint density at radius 3 is 2.62 bits per heavy atom. The number of aliphatic hydroxyl groups excluding tert-OH is 1. The molecule has 0 radical (unpaired) electrons. The minimum atomic E-state index is 0. The first kappa shape index (κ1) is 21.1. The summed E-state index contributed by atoms with van der Waals surface area (Å²) < 4.78 is 4.96. The molecule has 1 saturated carbocycles. The standard InChI is InChI=1S/C16H29N5O2.HI/c1-3-17-15(18-11-14-20-13(2)23-21-14)19-12-16(9-10-22)7-5-4-6-8-16;/h22H,3-12H2,1-2H3,(H2,17,18,19);1H. The highest BCUT2D eigenvalue weighted by Crippen LogP contribution is 2.38. The van der Waals surface area contributed by atoms with Crippen molar-refractivity contribution in [1.82, 2.24) is 20.8 Å². The monoisotopic (exact) mass is 451 g/mol. The molecular weight excluding hydrogens is 421 g/mol. The van der Waals surface area contributed by atoms with Gasteiger partial charge in [0.1, 0.15) is 6.54 Å². The second kappa shape index (κ2) is 10.9. The molecule has 0 saturated heterocycles. The third-order valence-electron chi connectivity index (χ3n) is 4.48. The molecule has 8 heteroatoms. The molecule has 2 rings (SSSR count). The van der Waals surface area contributed by atoms with Crippen LogP contribution in [0.3, 0.4) is 0 Å². The smallest absolute Gasteiger partial charge is 0.223 e. The van der Waals surface area contributed by atoms with Gasteiger partial charge in [-0.2, -0.15) is 4.98 Å². The summed E-state index contributed by atoms with van der Waals surface area (Å²) in [5.74, 6) is 1.90. The lowest BCUT2D eigenvalue weighted by molar-refractivity contribution is 0.131. The Balaban J connectivity index is 0.00000288. The predicted octanol–water partition coefficient (Wildman–Crippen LogP) is 2.38. The Kier molecular flexibility index (Phi) is 9.57. The van der Waals surface area contributed by atoms with Gasteiger partial charge in [-0.25, -0.2) is 4.99 Å². The molecule has 0 bridgehead atoms. The number of nitrogens with zero attached hydrogens (tertiary/aromatic N) is 3. The van der Waals surface area contributed by atoms with E-state index in [1.165, 1.54) is 32.1 Å². The molecule has 1 aromatic rings. The molecule has 1 heterocycles. The summed E-state index contributed by atoms with van der Waals surface area (Å²) in [6, 6.07) is 0. The number of aromatic nitrogens is 2. The van der Waals surface area contributed by atoms with Crippen LogP contribution in [0.2, 0.25) is 0 Å². The minimum absolute atomic E-state index is 0. The molecule has 1 fully saturated rings. The fourth-order valence-electron chi connectivity index (χ4n) is 3.22.